The summed E-state index contributed by atoms with van der Waals surface area (Å²) in [4.78, 5) is 31.9. The number of likely N-dealkylation sites (tertiary alicyclic amines) is 1. The molecular weight excluding hydrogens is 394 g/mol. The molecule has 0 aromatic heterocycles. The Kier molecular flexibility index (Phi) is 10.7. The molecule has 0 saturated carbocycles. The van der Waals surface area contributed by atoms with Crippen LogP contribution in [0.25, 0.3) is 0 Å². The second-order valence-corrected chi connectivity index (χ2v) is 7.89. The predicted octanol–water partition coefficient (Wildman–Crippen LogP) is 2.00. The van der Waals surface area contributed by atoms with Gasteiger partial charge in [-0.2, -0.15) is 0 Å². The number of nitrogens with one attached hydrogen (secondary N) is 2. The third-order valence-corrected chi connectivity index (χ3v) is 5.09. The molecule has 1 aromatic carbocycles. The van der Waals surface area contributed by atoms with Crippen molar-refractivity contribution in [1.82, 2.24) is 20.4 Å². The maximum atomic E-state index is 12.1. The Labute approximate surface area is 186 Å². The van der Waals surface area contributed by atoms with Gasteiger partial charge in [-0.3, -0.25) is 9.59 Å². The van der Waals surface area contributed by atoms with Crippen LogP contribution in [-0.2, 0) is 16.1 Å². The highest BCUT2D eigenvalue weighted by Gasteiger charge is 2.15. The van der Waals surface area contributed by atoms with Gasteiger partial charge in [-0.1, -0.05) is 18.6 Å². The van der Waals surface area contributed by atoms with Gasteiger partial charge in [0, 0.05) is 46.7 Å². The number of aliphatic imine (C=N–C) groups is 1. The number of benzene rings is 1. The van der Waals surface area contributed by atoms with Crippen molar-refractivity contribution in [2.75, 3.05) is 46.9 Å². The Bertz CT molecular complexity index is 736. The predicted molar refractivity (Wildman–Crippen MR) is 123 cm³/mol. The van der Waals surface area contributed by atoms with Crippen LogP contribution in [0.5, 0.6) is 5.75 Å². The third kappa shape index (κ3) is 9.27. The van der Waals surface area contributed by atoms with Gasteiger partial charge in [0.05, 0.1) is 6.54 Å². The van der Waals surface area contributed by atoms with Gasteiger partial charge >= 0.3 is 0 Å². The normalized spacial score (nSPS) is 14.7. The summed E-state index contributed by atoms with van der Waals surface area (Å²) in [6.45, 7) is 5.74. The van der Waals surface area contributed by atoms with Crippen LogP contribution in [0, 0.1) is 0 Å². The lowest BCUT2D eigenvalue weighted by Crippen LogP contribution is -2.39. The summed E-state index contributed by atoms with van der Waals surface area (Å²) < 4.78 is 5.58. The van der Waals surface area contributed by atoms with E-state index in [1.807, 2.05) is 36.1 Å². The van der Waals surface area contributed by atoms with Crippen LogP contribution in [0.3, 0.4) is 0 Å². The lowest BCUT2D eigenvalue weighted by atomic mass is 10.2. The summed E-state index contributed by atoms with van der Waals surface area (Å²) in [6, 6.07) is 7.63. The summed E-state index contributed by atoms with van der Waals surface area (Å²) in [5, 5.41) is 6.60. The van der Waals surface area contributed by atoms with Crippen molar-refractivity contribution in [3.8, 4) is 5.75 Å². The van der Waals surface area contributed by atoms with E-state index in [0.29, 0.717) is 18.7 Å². The molecule has 1 saturated heterocycles. The van der Waals surface area contributed by atoms with Gasteiger partial charge in [0.1, 0.15) is 5.75 Å². The van der Waals surface area contributed by atoms with Crippen LogP contribution in [0.15, 0.2) is 29.3 Å². The van der Waals surface area contributed by atoms with E-state index in [4.69, 9.17) is 4.74 Å². The van der Waals surface area contributed by atoms with E-state index in [0.717, 1.165) is 63.4 Å². The molecule has 0 unspecified atom stereocenters. The van der Waals surface area contributed by atoms with Crippen molar-refractivity contribution < 1.29 is 14.3 Å². The lowest BCUT2D eigenvalue weighted by molar-refractivity contribution is -0.131. The SMILES string of the molecule is CCNC(=NCc1cccc(OCC(=O)N(C)C)c1)NCCCN1CCCCCC1=O. The number of nitrogens with zero attached hydrogens (tertiary/aromatic N) is 3. The van der Waals surface area contributed by atoms with Gasteiger partial charge in [0.25, 0.3) is 5.91 Å². The first-order valence-electron chi connectivity index (χ1n) is 11.2. The summed E-state index contributed by atoms with van der Waals surface area (Å²) >= 11 is 0. The minimum absolute atomic E-state index is 0.0173. The first kappa shape index (κ1) is 24.5. The van der Waals surface area contributed by atoms with Crippen molar-refractivity contribution in [2.24, 2.45) is 4.99 Å². The standard InChI is InChI=1S/C23H37N5O3/c1-4-24-23(25-13-9-15-28-14-7-5-6-12-21(28)29)26-17-19-10-8-11-20(16-19)31-18-22(30)27(2)3/h8,10-11,16H,4-7,9,12-15,17-18H2,1-3H3,(H2,24,25,26). The fraction of sp³-hybridized carbons (Fsp3) is 0.609. The van der Waals surface area contributed by atoms with Crippen molar-refractivity contribution in [1.29, 1.82) is 0 Å². The number of hydrogen-bond acceptors (Lipinski definition) is 4. The second-order valence-electron chi connectivity index (χ2n) is 7.89. The highest BCUT2D eigenvalue weighted by Crippen LogP contribution is 2.14. The fourth-order valence-corrected chi connectivity index (χ4v) is 3.27. The number of hydrogen-bond donors (Lipinski definition) is 2. The van der Waals surface area contributed by atoms with Crippen LogP contribution >= 0.6 is 0 Å². The van der Waals surface area contributed by atoms with E-state index < -0.39 is 0 Å². The van der Waals surface area contributed by atoms with Crippen molar-refractivity contribution in [3.05, 3.63) is 29.8 Å². The molecular formula is C23H37N5O3. The fourth-order valence-electron chi connectivity index (χ4n) is 3.27. The number of carbonyl (C=O) groups is 2. The highest BCUT2D eigenvalue weighted by atomic mass is 16.5. The summed E-state index contributed by atoms with van der Waals surface area (Å²) in [7, 11) is 3.41. The monoisotopic (exact) mass is 431 g/mol. The van der Waals surface area contributed by atoms with Crippen molar-refractivity contribution in [2.45, 2.75) is 45.6 Å². The zero-order valence-electron chi connectivity index (χ0n) is 19.2. The molecule has 1 aliphatic heterocycles. The van der Waals surface area contributed by atoms with Gasteiger partial charge in [0.2, 0.25) is 5.91 Å². The Balaban J connectivity index is 1.81. The van der Waals surface area contributed by atoms with Crippen LogP contribution in [0.4, 0.5) is 0 Å². The number of likely N-dealkylation sites (N-methyl/N-ethyl adjacent to an activating group) is 1. The van der Waals surface area contributed by atoms with E-state index in [9.17, 15) is 9.59 Å². The van der Waals surface area contributed by atoms with Gasteiger partial charge in [0.15, 0.2) is 12.6 Å². The Morgan fingerprint density at radius 1 is 1.23 bits per heavy atom. The Morgan fingerprint density at radius 2 is 2.06 bits per heavy atom. The molecule has 172 valence electrons. The van der Waals surface area contributed by atoms with E-state index in [-0.39, 0.29) is 18.4 Å². The topological polar surface area (TPSA) is 86.3 Å². The van der Waals surface area contributed by atoms with E-state index in [2.05, 4.69) is 15.6 Å². The first-order valence-corrected chi connectivity index (χ1v) is 11.2. The molecule has 2 rings (SSSR count). The van der Waals surface area contributed by atoms with Gasteiger partial charge in [-0.25, -0.2) is 4.99 Å². The third-order valence-electron chi connectivity index (χ3n) is 5.09. The lowest BCUT2D eigenvalue weighted by Gasteiger charge is -2.20. The number of rotatable bonds is 10. The van der Waals surface area contributed by atoms with Crippen LogP contribution in [0.1, 0.15) is 44.6 Å². The van der Waals surface area contributed by atoms with E-state index in [1.54, 1.807) is 14.1 Å². The van der Waals surface area contributed by atoms with Crippen molar-refractivity contribution >= 4 is 17.8 Å². The molecule has 1 aromatic rings. The maximum absolute atomic E-state index is 12.1. The molecule has 0 aliphatic carbocycles. The van der Waals surface area contributed by atoms with Crippen LogP contribution in [0.2, 0.25) is 0 Å². The van der Waals surface area contributed by atoms with Gasteiger partial charge in [-0.05, 0) is 43.9 Å². The number of carbonyl (C=O) groups excluding carboxylic acids is 2. The average molecular weight is 432 g/mol. The summed E-state index contributed by atoms with van der Waals surface area (Å²) in [5.41, 5.74) is 1.00. The molecule has 31 heavy (non-hydrogen) atoms. The zero-order chi connectivity index (χ0) is 22.5. The number of ether oxygens (including phenoxy) is 1. The smallest absolute Gasteiger partial charge is 0.259 e. The Morgan fingerprint density at radius 3 is 2.84 bits per heavy atom. The minimum Gasteiger partial charge on any atom is -0.484 e. The second kappa shape index (κ2) is 13.5. The zero-order valence-corrected chi connectivity index (χ0v) is 19.2. The summed E-state index contributed by atoms with van der Waals surface area (Å²) in [5.74, 6) is 1.61. The molecule has 2 amide bonds. The largest absolute Gasteiger partial charge is 0.484 e. The first-order chi connectivity index (χ1) is 15.0. The molecule has 0 atom stereocenters. The molecule has 1 fully saturated rings. The Hall–Kier alpha value is -2.77. The maximum Gasteiger partial charge on any atom is 0.259 e. The minimum atomic E-state index is -0.0797. The quantitative estimate of drug-likeness (QED) is 0.336. The summed E-state index contributed by atoms with van der Waals surface area (Å²) in [6.07, 6.45) is 4.84. The molecule has 0 spiro atoms. The molecule has 8 heteroatoms. The van der Waals surface area contributed by atoms with E-state index in [1.165, 1.54) is 4.90 Å². The van der Waals surface area contributed by atoms with Gasteiger partial charge in [-0.15, -0.1) is 0 Å². The average Bonchev–Trinajstić information content (AvgIpc) is 2.97. The molecule has 1 aliphatic rings. The molecule has 2 N–H and O–H groups in total. The molecule has 1 heterocycles. The molecule has 0 radical (unpaired) electrons. The van der Waals surface area contributed by atoms with E-state index >= 15 is 0 Å². The van der Waals surface area contributed by atoms with Gasteiger partial charge < -0.3 is 25.2 Å². The molecule has 0 bridgehead atoms. The highest BCUT2D eigenvalue weighted by molar-refractivity contribution is 5.79. The number of amides is 2. The number of guanidine groups is 1. The van der Waals surface area contributed by atoms with Crippen LogP contribution in [-0.4, -0.2) is 74.5 Å². The van der Waals surface area contributed by atoms with Crippen molar-refractivity contribution in [3.63, 3.8) is 0 Å². The van der Waals surface area contributed by atoms with Crippen LogP contribution < -0.4 is 15.4 Å². The molecule has 8 nitrogen and oxygen atoms in total.